The van der Waals surface area contributed by atoms with E-state index in [1.807, 2.05) is 58.3 Å². The smallest absolute Gasteiger partial charge is 0.254 e. The Morgan fingerprint density at radius 1 is 0.795 bits per heavy atom. The fourth-order valence-corrected chi connectivity index (χ4v) is 6.29. The molecule has 2 atom stereocenters. The van der Waals surface area contributed by atoms with Gasteiger partial charge in [0.15, 0.2) is 11.5 Å². The monoisotopic (exact) mass is 527 g/mol. The molecule has 8 heteroatoms. The molecule has 3 aromatic carbocycles. The minimum absolute atomic E-state index is 0.0237. The average molecular weight is 528 g/mol. The number of carbonyl (C=O) groups is 2. The summed E-state index contributed by atoms with van der Waals surface area (Å²) in [7, 11) is 4.89. The van der Waals surface area contributed by atoms with Crippen LogP contribution in [0.25, 0.3) is 0 Å². The maximum Gasteiger partial charge on any atom is 0.254 e. The van der Waals surface area contributed by atoms with Crippen LogP contribution >= 0.6 is 0 Å². The molecule has 0 unspecified atom stereocenters. The Kier molecular flexibility index (Phi) is 6.54. The highest BCUT2D eigenvalue weighted by Gasteiger charge is 2.48. The van der Waals surface area contributed by atoms with Gasteiger partial charge >= 0.3 is 0 Å². The quantitative estimate of drug-likeness (QED) is 0.501. The topological polar surface area (TPSA) is 71.6 Å². The van der Waals surface area contributed by atoms with E-state index in [1.165, 1.54) is 0 Å². The Bertz CT molecular complexity index is 1400. The second-order valence-electron chi connectivity index (χ2n) is 10.2. The van der Waals surface area contributed by atoms with Gasteiger partial charge in [-0.3, -0.25) is 9.59 Å². The molecule has 3 heterocycles. The van der Waals surface area contributed by atoms with Crippen LogP contribution in [0.5, 0.6) is 17.2 Å². The highest BCUT2D eigenvalue weighted by molar-refractivity contribution is 6.01. The van der Waals surface area contributed by atoms with Crippen molar-refractivity contribution in [2.75, 3.05) is 59.0 Å². The standard InChI is InChI=1S/C31H33N3O5/c1-37-22-10-8-21(9-11-22)32-14-16-33(17-15-32)31(36)28-23-6-4-5-7-24(23)30(35)34-13-12-20-18-26(38-2)27(39-3)19-25(20)29(28)34/h4-11,18-19,28-29H,12-17H2,1-3H3/t28-,29-/m0/s1. The number of nitrogens with zero attached hydrogens (tertiary/aromatic N) is 3. The lowest BCUT2D eigenvalue weighted by Crippen LogP contribution is -2.54. The third kappa shape index (κ3) is 4.24. The molecule has 39 heavy (non-hydrogen) atoms. The van der Waals surface area contributed by atoms with Gasteiger partial charge in [-0.2, -0.15) is 0 Å². The molecular formula is C31H33N3O5. The lowest BCUT2D eigenvalue weighted by atomic mass is 9.75. The van der Waals surface area contributed by atoms with Gasteiger partial charge in [-0.1, -0.05) is 18.2 Å². The van der Waals surface area contributed by atoms with Crippen LogP contribution in [-0.4, -0.2) is 75.7 Å². The van der Waals surface area contributed by atoms with Crippen molar-refractivity contribution in [1.29, 1.82) is 0 Å². The predicted octanol–water partition coefficient (Wildman–Crippen LogP) is 3.90. The van der Waals surface area contributed by atoms with Crippen molar-refractivity contribution in [3.63, 3.8) is 0 Å². The number of fused-ring (bicyclic) bond motifs is 4. The number of piperazine rings is 1. The number of hydrogen-bond acceptors (Lipinski definition) is 6. The molecule has 202 valence electrons. The highest BCUT2D eigenvalue weighted by atomic mass is 16.5. The van der Waals surface area contributed by atoms with E-state index in [2.05, 4.69) is 17.0 Å². The Balaban J connectivity index is 1.34. The van der Waals surface area contributed by atoms with Gasteiger partial charge in [0, 0.05) is 44.0 Å². The van der Waals surface area contributed by atoms with Gasteiger partial charge in [-0.05, 0) is 65.6 Å². The molecule has 0 spiro atoms. The third-order valence-electron chi connectivity index (χ3n) is 8.32. The summed E-state index contributed by atoms with van der Waals surface area (Å²) in [4.78, 5) is 34.2. The summed E-state index contributed by atoms with van der Waals surface area (Å²) in [5.41, 5.74) is 4.58. The summed E-state index contributed by atoms with van der Waals surface area (Å²) < 4.78 is 16.5. The molecule has 1 saturated heterocycles. The van der Waals surface area contributed by atoms with Crippen LogP contribution in [0.3, 0.4) is 0 Å². The van der Waals surface area contributed by atoms with E-state index < -0.39 is 12.0 Å². The van der Waals surface area contributed by atoms with Crippen LogP contribution in [0.2, 0.25) is 0 Å². The van der Waals surface area contributed by atoms with Crippen molar-refractivity contribution in [2.45, 2.75) is 18.4 Å². The third-order valence-corrected chi connectivity index (χ3v) is 8.32. The normalized spacial score (nSPS) is 20.1. The van der Waals surface area contributed by atoms with E-state index in [1.54, 1.807) is 21.3 Å². The molecule has 0 radical (unpaired) electrons. The lowest BCUT2D eigenvalue weighted by molar-refractivity contribution is -0.135. The number of ether oxygens (including phenoxy) is 3. The van der Waals surface area contributed by atoms with E-state index in [0.29, 0.717) is 43.1 Å². The number of amides is 2. The molecule has 8 nitrogen and oxygen atoms in total. The Morgan fingerprint density at radius 3 is 2.18 bits per heavy atom. The van der Waals surface area contributed by atoms with Crippen molar-refractivity contribution in [3.8, 4) is 17.2 Å². The van der Waals surface area contributed by atoms with Crippen molar-refractivity contribution >= 4 is 17.5 Å². The molecule has 3 aliphatic heterocycles. The van der Waals surface area contributed by atoms with Gasteiger partial charge in [0.05, 0.1) is 33.3 Å². The molecule has 6 rings (SSSR count). The molecule has 0 aromatic heterocycles. The Hall–Kier alpha value is -4.20. The van der Waals surface area contributed by atoms with Crippen LogP contribution < -0.4 is 19.1 Å². The van der Waals surface area contributed by atoms with Crippen molar-refractivity contribution in [1.82, 2.24) is 9.80 Å². The van der Waals surface area contributed by atoms with Crippen LogP contribution in [0.4, 0.5) is 5.69 Å². The zero-order valence-corrected chi connectivity index (χ0v) is 22.6. The highest BCUT2D eigenvalue weighted by Crippen LogP contribution is 2.49. The first kappa shape index (κ1) is 25.1. The van der Waals surface area contributed by atoms with Gasteiger partial charge < -0.3 is 28.9 Å². The molecule has 0 bridgehead atoms. The number of hydrogen-bond donors (Lipinski definition) is 0. The first-order chi connectivity index (χ1) is 19.0. The lowest BCUT2D eigenvalue weighted by Gasteiger charge is -2.47. The molecule has 3 aliphatic rings. The van der Waals surface area contributed by atoms with Crippen LogP contribution in [-0.2, 0) is 11.2 Å². The van der Waals surface area contributed by atoms with Gasteiger partial charge in [-0.15, -0.1) is 0 Å². The van der Waals surface area contributed by atoms with Gasteiger partial charge in [-0.25, -0.2) is 0 Å². The van der Waals surface area contributed by atoms with E-state index in [0.717, 1.165) is 41.2 Å². The minimum atomic E-state index is -0.497. The molecule has 0 aliphatic carbocycles. The van der Waals surface area contributed by atoms with E-state index in [4.69, 9.17) is 14.2 Å². The largest absolute Gasteiger partial charge is 0.497 e. The van der Waals surface area contributed by atoms with Crippen molar-refractivity contribution in [3.05, 3.63) is 82.9 Å². The summed E-state index contributed by atoms with van der Waals surface area (Å²) >= 11 is 0. The van der Waals surface area contributed by atoms with Gasteiger partial charge in [0.25, 0.3) is 5.91 Å². The summed E-state index contributed by atoms with van der Waals surface area (Å²) in [6.45, 7) is 3.25. The number of methoxy groups -OCH3 is 3. The summed E-state index contributed by atoms with van der Waals surface area (Å²) in [5, 5.41) is 0. The summed E-state index contributed by atoms with van der Waals surface area (Å²) in [5.74, 6) is 1.62. The molecule has 2 amide bonds. The number of carbonyl (C=O) groups excluding carboxylic acids is 2. The zero-order valence-electron chi connectivity index (χ0n) is 22.6. The van der Waals surface area contributed by atoms with E-state index in [-0.39, 0.29) is 11.8 Å². The molecule has 1 fully saturated rings. The van der Waals surface area contributed by atoms with Crippen LogP contribution in [0.1, 0.15) is 39.0 Å². The molecule has 3 aromatic rings. The van der Waals surface area contributed by atoms with Crippen LogP contribution in [0.15, 0.2) is 60.7 Å². The molecule has 0 saturated carbocycles. The SMILES string of the molecule is COc1ccc(N2CCN(C(=O)[C@H]3c4ccccc4C(=O)N4CCc5cc(OC)c(OC)cc5[C@@H]34)CC2)cc1. The minimum Gasteiger partial charge on any atom is -0.497 e. The first-order valence-corrected chi connectivity index (χ1v) is 13.4. The number of rotatable bonds is 5. The summed E-state index contributed by atoms with van der Waals surface area (Å²) in [6.07, 6.45) is 0.696. The molecular weight excluding hydrogens is 494 g/mol. The zero-order chi connectivity index (χ0) is 27.1. The van der Waals surface area contributed by atoms with Crippen molar-refractivity contribution < 1.29 is 23.8 Å². The fraction of sp³-hybridized carbons (Fsp3) is 0.355. The van der Waals surface area contributed by atoms with E-state index >= 15 is 0 Å². The predicted molar refractivity (Wildman–Crippen MR) is 148 cm³/mol. The van der Waals surface area contributed by atoms with Gasteiger partial charge in [0.2, 0.25) is 5.91 Å². The Labute approximate surface area is 228 Å². The summed E-state index contributed by atoms with van der Waals surface area (Å²) in [6, 6.07) is 19.1. The molecule has 0 N–H and O–H groups in total. The number of anilines is 1. The Morgan fingerprint density at radius 2 is 1.49 bits per heavy atom. The maximum absolute atomic E-state index is 14.4. The second kappa shape index (κ2) is 10.2. The van der Waals surface area contributed by atoms with Crippen molar-refractivity contribution in [2.24, 2.45) is 0 Å². The second-order valence-corrected chi connectivity index (χ2v) is 10.2. The van der Waals surface area contributed by atoms with Gasteiger partial charge in [0.1, 0.15) is 5.75 Å². The maximum atomic E-state index is 14.4. The van der Waals surface area contributed by atoms with Crippen LogP contribution in [0, 0.1) is 0 Å². The van der Waals surface area contributed by atoms with E-state index in [9.17, 15) is 9.59 Å². The number of benzene rings is 3. The average Bonchev–Trinajstić information content (AvgIpc) is 3.00. The first-order valence-electron chi connectivity index (χ1n) is 13.4. The fourth-order valence-electron chi connectivity index (χ4n) is 6.29.